The van der Waals surface area contributed by atoms with Gasteiger partial charge in [0.25, 0.3) is 0 Å². The Morgan fingerprint density at radius 1 is 1.33 bits per heavy atom. The molecule has 0 amide bonds. The summed E-state index contributed by atoms with van der Waals surface area (Å²) in [7, 11) is 0. The molecule has 5 heteroatoms. The van der Waals surface area contributed by atoms with Gasteiger partial charge in [-0.05, 0) is 31.0 Å². The highest BCUT2D eigenvalue weighted by Gasteiger charge is 2.21. The molecule has 94 valence electrons. The predicted octanol–water partition coefficient (Wildman–Crippen LogP) is 4.12. The van der Waals surface area contributed by atoms with E-state index in [9.17, 15) is 0 Å². The second-order valence-electron chi connectivity index (χ2n) is 4.40. The van der Waals surface area contributed by atoms with Crippen LogP contribution < -0.4 is 5.32 Å². The van der Waals surface area contributed by atoms with Crippen molar-refractivity contribution in [3.05, 3.63) is 39.2 Å². The molecule has 0 spiro atoms. The minimum atomic E-state index is 0.665. The van der Waals surface area contributed by atoms with Gasteiger partial charge < -0.3 is 9.73 Å². The lowest BCUT2D eigenvalue weighted by Crippen LogP contribution is -2.15. The molecule has 1 fully saturated rings. The van der Waals surface area contributed by atoms with Gasteiger partial charge >= 0.3 is 0 Å². The molecule has 0 radical (unpaired) electrons. The summed E-state index contributed by atoms with van der Waals surface area (Å²) in [6.45, 7) is 0.705. The van der Waals surface area contributed by atoms with Crippen molar-refractivity contribution in [3.63, 3.8) is 0 Å². The maximum atomic E-state index is 5.76. The van der Waals surface area contributed by atoms with Crippen LogP contribution in [-0.4, -0.2) is 11.0 Å². The van der Waals surface area contributed by atoms with Crippen molar-refractivity contribution in [2.24, 2.45) is 0 Å². The normalized spacial score (nSPS) is 15.0. The van der Waals surface area contributed by atoms with Crippen LogP contribution in [0.4, 0.5) is 0 Å². The van der Waals surface area contributed by atoms with Crippen molar-refractivity contribution in [2.75, 3.05) is 0 Å². The molecule has 0 bridgehead atoms. The smallest absolute Gasteiger partial charge is 0.208 e. The van der Waals surface area contributed by atoms with Gasteiger partial charge in [0.2, 0.25) is 5.89 Å². The van der Waals surface area contributed by atoms with Gasteiger partial charge in [-0.2, -0.15) is 0 Å². The lowest BCUT2D eigenvalue weighted by atomic mass is 10.2. The van der Waals surface area contributed by atoms with Crippen molar-refractivity contribution in [3.8, 4) is 11.3 Å². The van der Waals surface area contributed by atoms with Crippen LogP contribution in [0.2, 0.25) is 0 Å². The summed E-state index contributed by atoms with van der Waals surface area (Å²) in [6.07, 6.45) is 4.31. The number of oxazole rings is 1. The van der Waals surface area contributed by atoms with Crippen molar-refractivity contribution in [1.82, 2.24) is 10.3 Å². The summed E-state index contributed by atoms with van der Waals surface area (Å²) in [5.74, 6) is 1.53. The Morgan fingerprint density at radius 3 is 2.94 bits per heavy atom. The molecule has 0 atom stereocenters. The first-order chi connectivity index (χ1) is 8.72. The van der Waals surface area contributed by atoms with E-state index in [1.807, 2.05) is 18.2 Å². The average molecular weight is 372 g/mol. The summed E-state index contributed by atoms with van der Waals surface area (Å²) in [5.41, 5.74) is 1.01. The Hall–Kier alpha value is -0.650. The molecule has 1 aromatic carbocycles. The summed E-state index contributed by atoms with van der Waals surface area (Å²) in [6, 6.07) is 6.66. The van der Waals surface area contributed by atoms with E-state index in [-0.39, 0.29) is 0 Å². The van der Waals surface area contributed by atoms with Gasteiger partial charge in [-0.25, -0.2) is 4.98 Å². The van der Waals surface area contributed by atoms with E-state index in [1.54, 1.807) is 6.20 Å². The molecule has 0 saturated heterocycles. The van der Waals surface area contributed by atoms with Crippen molar-refractivity contribution >= 4 is 31.9 Å². The van der Waals surface area contributed by atoms with E-state index >= 15 is 0 Å². The highest BCUT2D eigenvalue weighted by atomic mass is 79.9. The summed E-state index contributed by atoms with van der Waals surface area (Å²) in [4.78, 5) is 4.30. The number of rotatable bonds is 4. The molecule has 3 rings (SSSR count). The first kappa shape index (κ1) is 12.4. The predicted molar refractivity (Wildman–Crippen MR) is 77.2 cm³/mol. The zero-order chi connectivity index (χ0) is 12.5. The van der Waals surface area contributed by atoms with Crippen LogP contribution in [0.1, 0.15) is 18.7 Å². The highest BCUT2D eigenvalue weighted by Crippen LogP contribution is 2.31. The molecular formula is C13H12Br2N2O. The monoisotopic (exact) mass is 370 g/mol. The maximum absolute atomic E-state index is 5.76. The van der Waals surface area contributed by atoms with Crippen LogP contribution >= 0.6 is 31.9 Å². The van der Waals surface area contributed by atoms with Gasteiger partial charge in [0.05, 0.1) is 12.7 Å². The fourth-order valence-electron chi connectivity index (χ4n) is 1.72. The largest absolute Gasteiger partial charge is 0.439 e. The maximum Gasteiger partial charge on any atom is 0.208 e. The SMILES string of the molecule is Brc1ccc(Br)c(-c2cnc(CNC3CC3)o2)c1. The second kappa shape index (κ2) is 5.15. The third-order valence-electron chi connectivity index (χ3n) is 2.87. The Bertz CT molecular complexity index is 564. The molecule has 1 aliphatic carbocycles. The minimum Gasteiger partial charge on any atom is -0.439 e. The van der Waals surface area contributed by atoms with E-state index in [0.29, 0.717) is 12.6 Å². The van der Waals surface area contributed by atoms with Crippen LogP contribution in [0.3, 0.4) is 0 Å². The topological polar surface area (TPSA) is 38.1 Å². The van der Waals surface area contributed by atoms with Crippen LogP contribution in [0.15, 0.2) is 37.8 Å². The first-order valence-electron chi connectivity index (χ1n) is 5.86. The van der Waals surface area contributed by atoms with Gasteiger partial charge in [0.1, 0.15) is 0 Å². The molecular weight excluding hydrogens is 360 g/mol. The second-order valence-corrected chi connectivity index (χ2v) is 6.17. The molecule has 1 aliphatic rings. The standard InChI is InChI=1S/C13H12Br2N2O/c14-8-1-4-11(15)10(5-8)12-6-17-13(18-12)7-16-9-2-3-9/h1,4-6,9,16H,2-3,7H2. The van der Waals surface area contributed by atoms with Crippen molar-refractivity contribution in [1.29, 1.82) is 0 Å². The van der Waals surface area contributed by atoms with Gasteiger partial charge in [-0.15, -0.1) is 0 Å². The van der Waals surface area contributed by atoms with Crippen LogP contribution in [0, 0.1) is 0 Å². The Balaban J connectivity index is 1.80. The molecule has 0 aliphatic heterocycles. The van der Waals surface area contributed by atoms with E-state index in [0.717, 1.165) is 26.2 Å². The zero-order valence-electron chi connectivity index (χ0n) is 9.62. The number of hydrogen-bond acceptors (Lipinski definition) is 3. The van der Waals surface area contributed by atoms with E-state index < -0.39 is 0 Å². The van der Waals surface area contributed by atoms with Gasteiger partial charge in [0.15, 0.2) is 5.76 Å². The first-order valence-corrected chi connectivity index (χ1v) is 7.44. The molecule has 1 aromatic heterocycles. The van der Waals surface area contributed by atoms with Gasteiger partial charge in [-0.3, -0.25) is 0 Å². The average Bonchev–Trinajstić information content (AvgIpc) is 3.08. The Kier molecular flexibility index (Phi) is 3.54. The molecule has 2 aromatic rings. The number of aromatic nitrogens is 1. The Morgan fingerprint density at radius 2 is 2.17 bits per heavy atom. The van der Waals surface area contributed by atoms with Crippen LogP contribution in [0.5, 0.6) is 0 Å². The minimum absolute atomic E-state index is 0.665. The molecule has 0 unspecified atom stereocenters. The quantitative estimate of drug-likeness (QED) is 0.878. The van der Waals surface area contributed by atoms with E-state index in [2.05, 4.69) is 42.2 Å². The third-order valence-corrected chi connectivity index (χ3v) is 4.05. The number of nitrogens with one attached hydrogen (secondary N) is 1. The number of halogens is 2. The van der Waals surface area contributed by atoms with Crippen LogP contribution in [-0.2, 0) is 6.54 Å². The molecule has 1 N–H and O–H groups in total. The Labute approximate surface area is 122 Å². The molecule has 18 heavy (non-hydrogen) atoms. The zero-order valence-corrected chi connectivity index (χ0v) is 12.8. The van der Waals surface area contributed by atoms with Crippen molar-refractivity contribution < 1.29 is 4.42 Å². The highest BCUT2D eigenvalue weighted by molar-refractivity contribution is 9.11. The molecule has 3 nitrogen and oxygen atoms in total. The lowest BCUT2D eigenvalue weighted by Gasteiger charge is -2.01. The third kappa shape index (κ3) is 2.84. The fraction of sp³-hybridized carbons (Fsp3) is 0.308. The van der Waals surface area contributed by atoms with Crippen LogP contribution in [0.25, 0.3) is 11.3 Å². The van der Waals surface area contributed by atoms with Gasteiger partial charge in [-0.1, -0.05) is 31.9 Å². The summed E-state index contributed by atoms with van der Waals surface area (Å²) in [5, 5.41) is 3.39. The molecule has 1 saturated carbocycles. The molecule has 1 heterocycles. The summed E-state index contributed by atoms with van der Waals surface area (Å²) < 4.78 is 7.79. The number of hydrogen-bond donors (Lipinski definition) is 1. The van der Waals surface area contributed by atoms with Crippen molar-refractivity contribution in [2.45, 2.75) is 25.4 Å². The lowest BCUT2D eigenvalue weighted by molar-refractivity contribution is 0.476. The fourth-order valence-corrected chi connectivity index (χ4v) is 2.53. The number of benzene rings is 1. The number of nitrogens with zero attached hydrogens (tertiary/aromatic N) is 1. The van der Waals surface area contributed by atoms with Gasteiger partial charge in [0, 0.05) is 20.6 Å². The van der Waals surface area contributed by atoms with E-state index in [4.69, 9.17) is 4.42 Å². The van der Waals surface area contributed by atoms with E-state index in [1.165, 1.54) is 12.8 Å². The summed E-state index contributed by atoms with van der Waals surface area (Å²) >= 11 is 6.99.